The summed E-state index contributed by atoms with van der Waals surface area (Å²) < 4.78 is 5.53. The minimum absolute atomic E-state index is 0.123. The van der Waals surface area contributed by atoms with Gasteiger partial charge in [0.15, 0.2) is 17.7 Å². The van der Waals surface area contributed by atoms with E-state index in [9.17, 15) is 14.4 Å². The number of aromatic nitrogens is 2. The minimum Gasteiger partial charge on any atom is -0.451 e. The summed E-state index contributed by atoms with van der Waals surface area (Å²) in [4.78, 5) is 45.1. The summed E-state index contributed by atoms with van der Waals surface area (Å²) in [6.45, 7) is 1.61. The number of hydrogen-bond acceptors (Lipinski definition) is 5. The predicted molar refractivity (Wildman–Crippen MR) is 118 cm³/mol. The molecule has 1 N–H and O–H groups in total. The molecular formula is C24H17ClN2O4. The van der Waals surface area contributed by atoms with Crippen molar-refractivity contribution in [3.8, 4) is 0 Å². The molecule has 0 aliphatic carbocycles. The highest BCUT2D eigenvalue weighted by Gasteiger charge is 2.22. The van der Waals surface area contributed by atoms with Gasteiger partial charge in [0, 0.05) is 16.1 Å². The van der Waals surface area contributed by atoms with E-state index >= 15 is 0 Å². The third kappa shape index (κ3) is 4.25. The number of nitrogens with one attached hydrogen (secondary N) is 1. The lowest BCUT2D eigenvalue weighted by molar-refractivity contribution is 0.0318. The van der Waals surface area contributed by atoms with Crippen molar-refractivity contribution in [1.29, 1.82) is 0 Å². The van der Waals surface area contributed by atoms with Crippen LogP contribution in [0.25, 0.3) is 10.9 Å². The Bertz CT molecular complexity index is 1350. The lowest BCUT2D eigenvalue weighted by Gasteiger charge is -2.14. The van der Waals surface area contributed by atoms with Gasteiger partial charge in [-0.25, -0.2) is 9.78 Å². The van der Waals surface area contributed by atoms with Crippen molar-refractivity contribution < 1.29 is 14.3 Å². The Morgan fingerprint density at radius 1 is 0.935 bits per heavy atom. The molecule has 0 spiro atoms. The highest BCUT2D eigenvalue weighted by Crippen LogP contribution is 2.21. The topological polar surface area (TPSA) is 89.1 Å². The van der Waals surface area contributed by atoms with Gasteiger partial charge >= 0.3 is 5.97 Å². The molecule has 7 heteroatoms. The van der Waals surface area contributed by atoms with Crippen LogP contribution in [-0.2, 0) is 4.74 Å². The highest BCUT2D eigenvalue weighted by molar-refractivity contribution is 6.30. The third-order valence-electron chi connectivity index (χ3n) is 4.80. The molecule has 0 aliphatic rings. The number of halogens is 1. The first-order valence-electron chi connectivity index (χ1n) is 9.53. The second-order valence-corrected chi connectivity index (χ2v) is 7.33. The Hall–Kier alpha value is -3.77. The van der Waals surface area contributed by atoms with Crippen molar-refractivity contribution >= 4 is 34.3 Å². The van der Waals surface area contributed by atoms with Gasteiger partial charge in [0.1, 0.15) is 0 Å². The predicted octanol–water partition coefficient (Wildman–Crippen LogP) is 4.73. The molecule has 0 amide bonds. The first-order valence-corrected chi connectivity index (χ1v) is 9.91. The van der Waals surface area contributed by atoms with Crippen molar-refractivity contribution in [2.24, 2.45) is 0 Å². The van der Waals surface area contributed by atoms with Crippen LogP contribution in [0.2, 0.25) is 5.02 Å². The van der Waals surface area contributed by atoms with E-state index in [-0.39, 0.29) is 28.3 Å². The monoisotopic (exact) mass is 432 g/mol. The van der Waals surface area contributed by atoms with Gasteiger partial charge in [-0.15, -0.1) is 0 Å². The molecule has 1 atom stereocenters. The van der Waals surface area contributed by atoms with E-state index in [1.54, 1.807) is 73.7 Å². The van der Waals surface area contributed by atoms with Crippen LogP contribution in [0.4, 0.5) is 0 Å². The molecule has 3 aromatic carbocycles. The fraction of sp³-hybridized carbons (Fsp3) is 0.0833. The van der Waals surface area contributed by atoms with Gasteiger partial charge in [-0.1, -0.05) is 41.9 Å². The van der Waals surface area contributed by atoms with Crippen LogP contribution in [-0.4, -0.2) is 21.7 Å². The Morgan fingerprint density at radius 3 is 2.32 bits per heavy atom. The summed E-state index contributed by atoms with van der Waals surface area (Å²) in [6.07, 6.45) is -0.830. The fourth-order valence-corrected chi connectivity index (χ4v) is 3.32. The molecule has 154 valence electrons. The molecule has 0 saturated heterocycles. The van der Waals surface area contributed by atoms with Gasteiger partial charge in [0.25, 0.3) is 5.56 Å². The molecule has 0 unspecified atom stereocenters. The Balaban J connectivity index is 1.61. The number of fused-ring (bicyclic) bond motifs is 1. The van der Waals surface area contributed by atoms with Crippen LogP contribution < -0.4 is 5.56 Å². The zero-order valence-corrected chi connectivity index (χ0v) is 17.2. The maximum atomic E-state index is 12.9. The Morgan fingerprint density at radius 2 is 1.58 bits per heavy atom. The summed E-state index contributed by atoms with van der Waals surface area (Å²) in [7, 11) is 0. The van der Waals surface area contributed by atoms with Crippen LogP contribution in [0.3, 0.4) is 0 Å². The number of esters is 1. The number of hydrogen-bond donors (Lipinski definition) is 1. The van der Waals surface area contributed by atoms with E-state index in [0.717, 1.165) is 0 Å². The van der Waals surface area contributed by atoms with Crippen LogP contribution in [0.5, 0.6) is 0 Å². The van der Waals surface area contributed by atoms with Gasteiger partial charge < -0.3 is 9.72 Å². The number of H-pyrrole nitrogens is 1. The summed E-state index contributed by atoms with van der Waals surface area (Å²) >= 11 is 5.89. The van der Waals surface area contributed by atoms with Gasteiger partial charge in [-0.05, 0) is 49.4 Å². The molecule has 1 heterocycles. The zero-order valence-electron chi connectivity index (χ0n) is 16.5. The summed E-state index contributed by atoms with van der Waals surface area (Å²) in [5.41, 5.74) is 0.918. The first kappa shape index (κ1) is 20.5. The average molecular weight is 433 g/mol. The van der Waals surface area contributed by atoms with Gasteiger partial charge in [-0.3, -0.25) is 9.59 Å². The minimum atomic E-state index is -0.830. The van der Waals surface area contributed by atoms with Gasteiger partial charge in [0.05, 0.1) is 16.5 Å². The van der Waals surface area contributed by atoms with Crippen LogP contribution >= 0.6 is 11.6 Å². The second kappa shape index (κ2) is 8.53. The lowest BCUT2D eigenvalue weighted by Crippen LogP contribution is -2.19. The standard InChI is InChI=1S/C24H17ClN2O4/c1-14(22-26-20-9-5-4-8-19(20)23(29)27-22)31-24(30)18-7-3-2-6-17(18)21(28)15-10-12-16(25)13-11-15/h2-14H,1H3,(H,26,27,29)/t14-/m0/s1. The van der Waals surface area contributed by atoms with Crippen LogP contribution in [0.1, 0.15) is 45.1 Å². The van der Waals surface area contributed by atoms with Crippen molar-refractivity contribution in [1.82, 2.24) is 9.97 Å². The number of benzene rings is 3. The molecule has 0 saturated carbocycles. The summed E-state index contributed by atoms with van der Waals surface area (Å²) in [6, 6.07) is 19.7. The maximum Gasteiger partial charge on any atom is 0.339 e. The van der Waals surface area contributed by atoms with E-state index < -0.39 is 12.1 Å². The second-order valence-electron chi connectivity index (χ2n) is 6.90. The van der Waals surface area contributed by atoms with E-state index in [2.05, 4.69) is 9.97 Å². The number of ketones is 1. The number of para-hydroxylation sites is 1. The van der Waals surface area contributed by atoms with E-state index in [1.165, 1.54) is 6.07 Å². The highest BCUT2D eigenvalue weighted by atomic mass is 35.5. The average Bonchev–Trinajstić information content (AvgIpc) is 2.79. The number of nitrogens with zero attached hydrogens (tertiary/aromatic N) is 1. The molecule has 1 aromatic heterocycles. The molecule has 4 aromatic rings. The van der Waals surface area contributed by atoms with Crippen molar-refractivity contribution in [3.63, 3.8) is 0 Å². The largest absolute Gasteiger partial charge is 0.451 e. The molecule has 0 bridgehead atoms. The molecular weight excluding hydrogens is 416 g/mol. The van der Waals surface area contributed by atoms with Crippen LogP contribution in [0.15, 0.2) is 77.6 Å². The van der Waals surface area contributed by atoms with E-state index in [4.69, 9.17) is 16.3 Å². The van der Waals surface area contributed by atoms with E-state index in [0.29, 0.717) is 21.5 Å². The molecule has 0 radical (unpaired) electrons. The van der Waals surface area contributed by atoms with E-state index in [1.807, 2.05) is 0 Å². The number of ether oxygens (including phenoxy) is 1. The normalized spacial score (nSPS) is 11.8. The summed E-state index contributed by atoms with van der Waals surface area (Å²) in [5.74, 6) is -0.797. The van der Waals surface area contributed by atoms with Gasteiger partial charge in [0.2, 0.25) is 0 Å². The fourth-order valence-electron chi connectivity index (χ4n) is 3.19. The van der Waals surface area contributed by atoms with Crippen molar-refractivity contribution in [2.75, 3.05) is 0 Å². The smallest absolute Gasteiger partial charge is 0.339 e. The number of rotatable bonds is 5. The lowest BCUT2D eigenvalue weighted by atomic mass is 9.98. The maximum absolute atomic E-state index is 12.9. The Kier molecular flexibility index (Phi) is 5.64. The molecule has 6 nitrogen and oxygen atoms in total. The van der Waals surface area contributed by atoms with Crippen LogP contribution in [0, 0.1) is 0 Å². The first-order chi connectivity index (χ1) is 14.9. The van der Waals surface area contributed by atoms with Crippen molar-refractivity contribution in [3.05, 3.63) is 111 Å². The summed E-state index contributed by atoms with van der Waals surface area (Å²) in [5, 5.41) is 0.957. The number of aromatic amines is 1. The molecule has 0 aliphatic heterocycles. The number of carbonyl (C=O) groups excluding carboxylic acids is 2. The zero-order chi connectivity index (χ0) is 22.0. The molecule has 4 rings (SSSR count). The Labute approximate surface area is 182 Å². The number of carbonyl (C=O) groups is 2. The van der Waals surface area contributed by atoms with Crippen molar-refractivity contribution in [2.45, 2.75) is 13.0 Å². The van der Waals surface area contributed by atoms with Gasteiger partial charge in [-0.2, -0.15) is 0 Å². The molecule has 31 heavy (non-hydrogen) atoms. The SMILES string of the molecule is C[C@H](OC(=O)c1ccccc1C(=O)c1ccc(Cl)cc1)c1nc2ccccc2c(=O)[nH]1. The quantitative estimate of drug-likeness (QED) is 0.364. The third-order valence-corrected chi connectivity index (χ3v) is 5.05. The molecule has 0 fully saturated rings.